The number of fused-ring (bicyclic) bond motifs is 1. The highest BCUT2D eigenvalue weighted by atomic mass is 16.5. The molecule has 0 bridgehead atoms. The minimum Gasteiger partial charge on any atom is -0.475 e. The number of aromatic carboxylic acids is 1. The summed E-state index contributed by atoms with van der Waals surface area (Å²) in [5.41, 5.74) is 1.34. The number of nitrogens with one attached hydrogen (secondary N) is 1. The number of rotatable bonds is 4. The van der Waals surface area contributed by atoms with Crippen LogP contribution in [0, 0.1) is 0 Å². The maximum absolute atomic E-state index is 11.3. The van der Waals surface area contributed by atoms with Gasteiger partial charge in [-0.05, 0) is 18.9 Å². The van der Waals surface area contributed by atoms with Gasteiger partial charge in [-0.3, -0.25) is 0 Å². The van der Waals surface area contributed by atoms with E-state index in [0.717, 1.165) is 37.0 Å². The molecule has 1 aromatic carbocycles. The fourth-order valence-electron chi connectivity index (χ4n) is 2.60. The van der Waals surface area contributed by atoms with Crippen LogP contribution in [0.25, 0.3) is 11.0 Å². The quantitative estimate of drug-likeness (QED) is 0.896. The van der Waals surface area contributed by atoms with Crippen molar-refractivity contribution in [3.8, 4) is 0 Å². The molecule has 0 spiro atoms. The van der Waals surface area contributed by atoms with E-state index in [0.29, 0.717) is 18.2 Å². The predicted molar refractivity (Wildman–Crippen MR) is 73.9 cm³/mol. The van der Waals surface area contributed by atoms with Crippen LogP contribution in [0.1, 0.15) is 29.0 Å². The molecular formula is C15H17NO4. The average Bonchev–Trinajstić information content (AvgIpc) is 2.85. The van der Waals surface area contributed by atoms with Gasteiger partial charge in [0.1, 0.15) is 5.58 Å². The lowest BCUT2D eigenvalue weighted by Crippen LogP contribution is -2.34. The molecule has 2 heterocycles. The molecule has 0 aliphatic carbocycles. The van der Waals surface area contributed by atoms with Gasteiger partial charge in [-0.15, -0.1) is 0 Å². The summed E-state index contributed by atoms with van der Waals surface area (Å²) >= 11 is 0. The molecular weight excluding hydrogens is 258 g/mol. The van der Waals surface area contributed by atoms with Crippen LogP contribution in [0.4, 0.5) is 0 Å². The van der Waals surface area contributed by atoms with Crippen LogP contribution < -0.4 is 5.32 Å². The lowest BCUT2D eigenvalue weighted by molar-refractivity contribution is 0.0660. The zero-order chi connectivity index (χ0) is 13.9. The van der Waals surface area contributed by atoms with Crippen molar-refractivity contribution in [3.05, 3.63) is 35.6 Å². The summed E-state index contributed by atoms with van der Waals surface area (Å²) in [6, 6.07) is 7.79. The number of carboxylic acids is 1. The Morgan fingerprint density at radius 1 is 1.30 bits per heavy atom. The Kier molecular flexibility index (Phi) is 3.71. The molecule has 1 fully saturated rings. The smallest absolute Gasteiger partial charge is 0.372 e. The minimum absolute atomic E-state index is 0.0331. The molecule has 1 aliphatic rings. The molecule has 2 aromatic rings. The standard InChI is InChI=1S/C15H17NO4/c17-15(18)14-12(9-16-10-5-7-19-8-6-10)11-3-1-2-4-13(11)20-14/h1-4,10,16H,5-9H2,(H,17,18). The van der Waals surface area contributed by atoms with Gasteiger partial charge < -0.3 is 19.6 Å². The predicted octanol–water partition coefficient (Wildman–Crippen LogP) is 2.40. The number of hydrogen-bond donors (Lipinski definition) is 2. The molecule has 0 radical (unpaired) electrons. The van der Waals surface area contributed by atoms with Crippen molar-refractivity contribution in [3.63, 3.8) is 0 Å². The van der Waals surface area contributed by atoms with E-state index in [4.69, 9.17) is 9.15 Å². The largest absolute Gasteiger partial charge is 0.475 e. The first-order chi connectivity index (χ1) is 9.75. The number of carbonyl (C=O) groups is 1. The summed E-state index contributed by atoms with van der Waals surface area (Å²) in [5.74, 6) is -0.990. The maximum atomic E-state index is 11.3. The first kappa shape index (κ1) is 13.1. The summed E-state index contributed by atoms with van der Waals surface area (Å²) < 4.78 is 10.8. The van der Waals surface area contributed by atoms with E-state index in [1.165, 1.54) is 0 Å². The Balaban J connectivity index is 1.84. The van der Waals surface area contributed by atoms with Gasteiger partial charge in [0, 0.05) is 36.8 Å². The topological polar surface area (TPSA) is 71.7 Å². The maximum Gasteiger partial charge on any atom is 0.372 e. The number of benzene rings is 1. The number of para-hydroxylation sites is 1. The summed E-state index contributed by atoms with van der Waals surface area (Å²) in [6.07, 6.45) is 1.91. The normalized spacial score (nSPS) is 16.6. The Hall–Kier alpha value is -1.85. The highest BCUT2D eigenvalue weighted by Gasteiger charge is 2.21. The molecule has 0 unspecified atom stereocenters. The minimum atomic E-state index is -1.02. The molecule has 1 aromatic heterocycles. The van der Waals surface area contributed by atoms with E-state index < -0.39 is 5.97 Å². The third-order valence-corrected chi connectivity index (χ3v) is 3.68. The molecule has 106 valence electrons. The van der Waals surface area contributed by atoms with Gasteiger partial charge in [0.25, 0.3) is 0 Å². The SMILES string of the molecule is O=C(O)c1oc2ccccc2c1CNC1CCOCC1. The van der Waals surface area contributed by atoms with Gasteiger partial charge in [-0.25, -0.2) is 4.79 Å². The second-order valence-electron chi connectivity index (χ2n) is 4.98. The van der Waals surface area contributed by atoms with E-state index in [-0.39, 0.29) is 5.76 Å². The zero-order valence-corrected chi connectivity index (χ0v) is 11.1. The second kappa shape index (κ2) is 5.64. The fourth-order valence-corrected chi connectivity index (χ4v) is 2.60. The van der Waals surface area contributed by atoms with Crippen LogP contribution in [0.2, 0.25) is 0 Å². The fraction of sp³-hybridized carbons (Fsp3) is 0.400. The van der Waals surface area contributed by atoms with Crippen molar-refractivity contribution >= 4 is 16.9 Å². The Morgan fingerprint density at radius 3 is 2.80 bits per heavy atom. The molecule has 5 nitrogen and oxygen atoms in total. The van der Waals surface area contributed by atoms with Crippen LogP contribution in [0.3, 0.4) is 0 Å². The third kappa shape index (κ3) is 2.55. The van der Waals surface area contributed by atoms with Crippen LogP contribution in [-0.4, -0.2) is 30.3 Å². The van der Waals surface area contributed by atoms with Crippen molar-refractivity contribution in [2.75, 3.05) is 13.2 Å². The van der Waals surface area contributed by atoms with Crippen molar-refractivity contribution in [1.82, 2.24) is 5.32 Å². The van der Waals surface area contributed by atoms with Crippen LogP contribution in [0.15, 0.2) is 28.7 Å². The number of carboxylic acid groups (broad SMARTS) is 1. The molecule has 3 rings (SSSR count). The van der Waals surface area contributed by atoms with Crippen molar-refractivity contribution < 1.29 is 19.1 Å². The van der Waals surface area contributed by atoms with Gasteiger partial charge in [0.2, 0.25) is 5.76 Å². The first-order valence-corrected chi connectivity index (χ1v) is 6.80. The Bertz CT molecular complexity index is 613. The molecule has 20 heavy (non-hydrogen) atoms. The summed E-state index contributed by atoms with van der Waals surface area (Å²) in [4.78, 5) is 11.3. The number of hydrogen-bond acceptors (Lipinski definition) is 4. The average molecular weight is 275 g/mol. The lowest BCUT2D eigenvalue weighted by Gasteiger charge is -2.23. The van der Waals surface area contributed by atoms with Gasteiger partial charge in [-0.2, -0.15) is 0 Å². The van der Waals surface area contributed by atoms with Crippen molar-refractivity contribution in [1.29, 1.82) is 0 Å². The summed E-state index contributed by atoms with van der Waals surface area (Å²) in [6.45, 7) is 2.02. The van der Waals surface area contributed by atoms with E-state index in [1.807, 2.05) is 18.2 Å². The monoisotopic (exact) mass is 275 g/mol. The van der Waals surface area contributed by atoms with Crippen molar-refractivity contribution in [2.45, 2.75) is 25.4 Å². The van der Waals surface area contributed by atoms with Crippen LogP contribution in [0.5, 0.6) is 0 Å². The molecule has 2 N–H and O–H groups in total. The molecule has 5 heteroatoms. The molecule has 0 saturated carbocycles. The first-order valence-electron chi connectivity index (χ1n) is 6.80. The summed E-state index contributed by atoms with van der Waals surface area (Å²) in [5, 5.41) is 13.5. The lowest BCUT2D eigenvalue weighted by atomic mass is 10.1. The van der Waals surface area contributed by atoms with Gasteiger partial charge in [0.05, 0.1) is 0 Å². The Labute approximate surface area is 116 Å². The highest BCUT2D eigenvalue weighted by Crippen LogP contribution is 2.26. The molecule has 0 atom stereocenters. The van der Waals surface area contributed by atoms with E-state index in [1.54, 1.807) is 6.07 Å². The Morgan fingerprint density at radius 2 is 2.05 bits per heavy atom. The molecule has 1 saturated heterocycles. The van der Waals surface area contributed by atoms with E-state index >= 15 is 0 Å². The summed E-state index contributed by atoms with van der Waals surface area (Å²) in [7, 11) is 0. The molecule has 1 aliphatic heterocycles. The molecule has 0 amide bonds. The van der Waals surface area contributed by atoms with Gasteiger partial charge in [0.15, 0.2) is 0 Å². The van der Waals surface area contributed by atoms with Gasteiger partial charge in [-0.1, -0.05) is 18.2 Å². The van der Waals surface area contributed by atoms with Gasteiger partial charge >= 0.3 is 5.97 Å². The van der Waals surface area contributed by atoms with Crippen LogP contribution in [-0.2, 0) is 11.3 Å². The third-order valence-electron chi connectivity index (χ3n) is 3.68. The van der Waals surface area contributed by atoms with E-state index in [9.17, 15) is 9.90 Å². The number of ether oxygens (including phenoxy) is 1. The second-order valence-corrected chi connectivity index (χ2v) is 4.98. The van der Waals surface area contributed by atoms with Crippen LogP contribution >= 0.6 is 0 Å². The number of furan rings is 1. The zero-order valence-electron chi connectivity index (χ0n) is 11.1. The van der Waals surface area contributed by atoms with Crippen molar-refractivity contribution in [2.24, 2.45) is 0 Å². The van der Waals surface area contributed by atoms with E-state index in [2.05, 4.69) is 5.32 Å². The highest BCUT2D eigenvalue weighted by molar-refractivity contribution is 5.95.